The number of rotatable bonds is 2. The van der Waals surface area contributed by atoms with Crippen LogP contribution in [0.15, 0.2) is 83.8 Å². The first-order chi connectivity index (χ1) is 12.8. The third-order valence-corrected chi connectivity index (χ3v) is 7.23. The first-order valence-electron chi connectivity index (χ1n) is 8.49. The second kappa shape index (κ2) is 6.42. The van der Waals surface area contributed by atoms with E-state index in [-0.39, 0.29) is 0 Å². The summed E-state index contributed by atoms with van der Waals surface area (Å²) in [6, 6.07) is 25.7. The first-order valence-corrected chi connectivity index (χ1v) is 10.6. The van der Waals surface area contributed by atoms with E-state index in [0.717, 1.165) is 5.75 Å². The van der Waals surface area contributed by atoms with E-state index in [0.29, 0.717) is 0 Å². The smallest absolute Gasteiger partial charge is 0.118 e. The maximum atomic E-state index is 5.27. The van der Waals surface area contributed by atoms with Gasteiger partial charge in [-0.05, 0) is 46.0 Å². The summed E-state index contributed by atoms with van der Waals surface area (Å²) in [7, 11) is 5.38. The number of fused-ring (bicyclic) bond motifs is 3. The summed E-state index contributed by atoms with van der Waals surface area (Å²) in [6.07, 6.45) is 2.32. The highest BCUT2D eigenvalue weighted by Crippen LogP contribution is 2.56. The topological polar surface area (TPSA) is 9.23 Å². The van der Waals surface area contributed by atoms with Crippen molar-refractivity contribution in [3.63, 3.8) is 0 Å². The molecule has 3 heteroatoms. The highest BCUT2D eigenvalue weighted by Gasteiger charge is 2.27. The van der Waals surface area contributed by atoms with Crippen molar-refractivity contribution >= 4 is 32.1 Å². The third kappa shape index (κ3) is 2.51. The Balaban J connectivity index is 1.64. The Morgan fingerprint density at radius 1 is 0.654 bits per heavy atom. The van der Waals surface area contributed by atoms with E-state index in [4.69, 9.17) is 4.74 Å². The zero-order chi connectivity index (χ0) is 17.5. The molecule has 0 atom stereocenters. The highest BCUT2D eigenvalue weighted by molar-refractivity contribution is 8.82. The van der Waals surface area contributed by atoms with Gasteiger partial charge in [-0.15, -0.1) is 0 Å². The van der Waals surface area contributed by atoms with E-state index >= 15 is 0 Å². The average molecular weight is 373 g/mol. The number of ether oxygens (including phenoxy) is 1. The second-order valence-electron chi connectivity index (χ2n) is 6.23. The van der Waals surface area contributed by atoms with E-state index in [2.05, 4.69) is 66.7 Å². The molecule has 126 valence electrons. The van der Waals surface area contributed by atoms with E-state index in [1.165, 1.54) is 43.2 Å². The number of hydrogen-bond donors (Lipinski definition) is 0. The Hall–Kier alpha value is -2.36. The van der Waals surface area contributed by atoms with E-state index in [1.54, 1.807) is 7.11 Å². The third-order valence-electron chi connectivity index (χ3n) is 4.79. The largest absolute Gasteiger partial charge is 0.497 e. The van der Waals surface area contributed by atoms with Gasteiger partial charge in [-0.2, -0.15) is 0 Å². The van der Waals surface area contributed by atoms with Gasteiger partial charge >= 0.3 is 0 Å². The predicted molar refractivity (Wildman–Crippen MR) is 114 cm³/mol. The highest BCUT2D eigenvalue weighted by atomic mass is 33.1. The molecule has 5 rings (SSSR count). The van der Waals surface area contributed by atoms with Gasteiger partial charge in [-0.1, -0.05) is 82.3 Å². The van der Waals surface area contributed by atoms with E-state index < -0.39 is 0 Å². The van der Waals surface area contributed by atoms with Crippen LogP contribution >= 0.6 is 21.6 Å². The minimum atomic E-state index is 0.891. The summed E-state index contributed by atoms with van der Waals surface area (Å²) in [4.78, 5) is 2.63. The van der Waals surface area contributed by atoms with Gasteiger partial charge in [0, 0.05) is 15.4 Å². The monoisotopic (exact) mass is 372 g/mol. The molecule has 0 bridgehead atoms. The van der Waals surface area contributed by atoms with Crippen LogP contribution in [0.3, 0.4) is 0 Å². The Labute approximate surface area is 161 Å². The summed E-state index contributed by atoms with van der Waals surface area (Å²) in [5.74, 6) is 0.891. The molecule has 0 radical (unpaired) electrons. The normalized spacial score (nSPS) is 14.9. The zero-order valence-corrected chi connectivity index (χ0v) is 15.9. The van der Waals surface area contributed by atoms with Gasteiger partial charge in [0.15, 0.2) is 0 Å². The molecule has 1 aliphatic heterocycles. The van der Waals surface area contributed by atoms with Gasteiger partial charge < -0.3 is 4.74 Å². The van der Waals surface area contributed by atoms with Crippen molar-refractivity contribution in [2.45, 2.75) is 0 Å². The molecule has 2 aliphatic rings. The lowest BCUT2D eigenvalue weighted by atomic mass is 10.0. The van der Waals surface area contributed by atoms with Gasteiger partial charge in [0.25, 0.3) is 0 Å². The second-order valence-corrected chi connectivity index (χ2v) is 8.45. The number of methoxy groups -OCH3 is 1. The van der Waals surface area contributed by atoms with Crippen LogP contribution in [0, 0.1) is 0 Å². The quantitative estimate of drug-likeness (QED) is 0.355. The molecule has 0 unspecified atom stereocenters. The SMILES string of the molecule is COc1ccc(C2=CC(=C3c4ccccc4-c4ccccc43)SS2)cc1. The predicted octanol–water partition coefficient (Wildman–Crippen LogP) is 6.87. The molecular formula is C23H16OS2. The Bertz CT molecular complexity index is 1010. The molecule has 26 heavy (non-hydrogen) atoms. The van der Waals surface area contributed by atoms with Crippen molar-refractivity contribution in [1.82, 2.24) is 0 Å². The minimum absolute atomic E-state index is 0.891. The Morgan fingerprint density at radius 3 is 1.81 bits per heavy atom. The fourth-order valence-electron chi connectivity index (χ4n) is 3.54. The summed E-state index contributed by atoms with van der Waals surface area (Å²) in [5.41, 5.74) is 7.94. The summed E-state index contributed by atoms with van der Waals surface area (Å²) in [6.45, 7) is 0. The van der Waals surface area contributed by atoms with Crippen molar-refractivity contribution in [1.29, 1.82) is 0 Å². The standard InChI is InChI=1S/C23H16OS2/c1-24-16-12-10-15(11-13-16)21-14-22(26-25-21)23-19-8-4-2-6-17(19)18-7-3-5-9-20(18)23/h2-14H,1H3. The molecule has 3 aromatic carbocycles. The Morgan fingerprint density at radius 2 is 1.23 bits per heavy atom. The molecule has 1 heterocycles. The lowest BCUT2D eigenvalue weighted by Gasteiger charge is -2.05. The maximum Gasteiger partial charge on any atom is 0.118 e. The molecule has 0 saturated heterocycles. The molecule has 0 saturated carbocycles. The van der Waals surface area contributed by atoms with Crippen LogP contribution in [-0.2, 0) is 0 Å². The summed E-state index contributed by atoms with van der Waals surface area (Å²) in [5, 5.41) is 0. The van der Waals surface area contributed by atoms with Crippen molar-refractivity contribution in [2.24, 2.45) is 0 Å². The van der Waals surface area contributed by atoms with Gasteiger partial charge in [-0.25, -0.2) is 0 Å². The lowest BCUT2D eigenvalue weighted by molar-refractivity contribution is 0.415. The van der Waals surface area contributed by atoms with Crippen LogP contribution in [-0.4, -0.2) is 7.11 Å². The molecule has 1 nitrogen and oxygen atoms in total. The van der Waals surface area contributed by atoms with E-state index in [9.17, 15) is 0 Å². The van der Waals surface area contributed by atoms with Gasteiger partial charge in [0.2, 0.25) is 0 Å². The van der Waals surface area contributed by atoms with Crippen molar-refractivity contribution in [3.05, 3.63) is 100 Å². The summed E-state index contributed by atoms with van der Waals surface area (Å²) < 4.78 is 5.27. The minimum Gasteiger partial charge on any atom is -0.497 e. The molecule has 0 spiro atoms. The van der Waals surface area contributed by atoms with Gasteiger partial charge in [0.05, 0.1) is 7.11 Å². The zero-order valence-electron chi connectivity index (χ0n) is 14.2. The van der Waals surface area contributed by atoms with Crippen LogP contribution in [0.4, 0.5) is 0 Å². The van der Waals surface area contributed by atoms with Crippen LogP contribution in [0.5, 0.6) is 5.75 Å². The summed E-state index contributed by atoms with van der Waals surface area (Å²) >= 11 is 0. The van der Waals surface area contributed by atoms with E-state index in [1.807, 2.05) is 33.7 Å². The van der Waals surface area contributed by atoms with Crippen LogP contribution in [0.25, 0.3) is 21.6 Å². The van der Waals surface area contributed by atoms with Crippen LogP contribution in [0.1, 0.15) is 16.7 Å². The lowest BCUT2D eigenvalue weighted by Crippen LogP contribution is -1.84. The first kappa shape index (κ1) is 15.9. The number of hydrogen-bond acceptors (Lipinski definition) is 3. The van der Waals surface area contributed by atoms with Crippen LogP contribution in [0.2, 0.25) is 0 Å². The van der Waals surface area contributed by atoms with Crippen molar-refractivity contribution in [3.8, 4) is 16.9 Å². The fourth-order valence-corrected chi connectivity index (χ4v) is 6.03. The number of benzene rings is 3. The van der Waals surface area contributed by atoms with Gasteiger partial charge in [-0.3, -0.25) is 0 Å². The molecule has 0 aromatic heterocycles. The van der Waals surface area contributed by atoms with Crippen LogP contribution < -0.4 is 4.74 Å². The maximum absolute atomic E-state index is 5.27. The molecule has 1 aliphatic carbocycles. The molecular weight excluding hydrogens is 356 g/mol. The fraction of sp³-hybridized carbons (Fsp3) is 0.0435. The molecule has 0 fully saturated rings. The molecule has 0 amide bonds. The van der Waals surface area contributed by atoms with Gasteiger partial charge in [0.1, 0.15) is 5.75 Å². The Kier molecular flexibility index (Phi) is 3.92. The van der Waals surface area contributed by atoms with Crippen molar-refractivity contribution in [2.75, 3.05) is 7.11 Å². The molecule has 3 aromatic rings. The average Bonchev–Trinajstić information content (AvgIpc) is 3.31. The number of allylic oxidation sites excluding steroid dienone is 1. The van der Waals surface area contributed by atoms with Crippen molar-refractivity contribution < 1.29 is 4.74 Å². The molecule has 0 N–H and O–H groups in total.